The highest BCUT2D eigenvalue weighted by molar-refractivity contribution is 5.97. The third-order valence-corrected chi connectivity index (χ3v) is 4.57. The van der Waals surface area contributed by atoms with Crippen molar-refractivity contribution in [2.24, 2.45) is 0 Å². The molecule has 0 aliphatic carbocycles. The van der Waals surface area contributed by atoms with Gasteiger partial charge >= 0.3 is 0 Å². The molecule has 4 rings (SSSR count). The van der Waals surface area contributed by atoms with Crippen molar-refractivity contribution in [2.45, 2.75) is 13.0 Å². The Morgan fingerprint density at radius 2 is 1.63 bits per heavy atom. The Labute approximate surface area is 157 Å². The molecule has 0 aliphatic heterocycles. The third-order valence-electron chi connectivity index (χ3n) is 4.57. The summed E-state index contributed by atoms with van der Waals surface area (Å²) in [7, 11) is 0. The van der Waals surface area contributed by atoms with Gasteiger partial charge in [0.05, 0.1) is 17.3 Å². The van der Waals surface area contributed by atoms with Crippen molar-refractivity contribution in [1.29, 1.82) is 0 Å². The van der Waals surface area contributed by atoms with Crippen LogP contribution in [-0.2, 0) is 0 Å². The van der Waals surface area contributed by atoms with Gasteiger partial charge in [-0.2, -0.15) is 0 Å². The van der Waals surface area contributed by atoms with Crippen LogP contribution in [0.15, 0.2) is 85.2 Å². The highest BCUT2D eigenvalue weighted by Gasteiger charge is 2.12. The average Bonchev–Trinajstić information content (AvgIpc) is 2.74. The molecule has 2 aromatic carbocycles. The number of hydrogen-bond acceptors (Lipinski definition) is 3. The molecule has 0 fully saturated rings. The number of carbonyl (C=O) groups excluding carboxylic acids is 1. The zero-order valence-corrected chi connectivity index (χ0v) is 15.0. The van der Waals surface area contributed by atoms with E-state index < -0.39 is 0 Å². The van der Waals surface area contributed by atoms with Crippen molar-refractivity contribution < 1.29 is 4.79 Å². The molecule has 1 N–H and O–H groups in total. The number of rotatable bonds is 4. The van der Waals surface area contributed by atoms with Crippen LogP contribution in [0.2, 0.25) is 0 Å². The van der Waals surface area contributed by atoms with Crippen LogP contribution in [0, 0.1) is 0 Å². The Morgan fingerprint density at radius 1 is 0.852 bits per heavy atom. The molecule has 27 heavy (non-hydrogen) atoms. The average molecular weight is 353 g/mol. The third kappa shape index (κ3) is 3.55. The van der Waals surface area contributed by atoms with E-state index in [1.165, 1.54) is 0 Å². The van der Waals surface area contributed by atoms with Gasteiger partial charge in [0.1, 0.15) is 0 Å². The number of fused-ring (bicyclic) bond motifs is 1. The standard InChI is InChI=1S/C23H19N3O/c1-16(21-9-2-3-14-24-21)26-23(27)19-12-10-17(11-13-19)20-8-4-6-18-7-5-15-25-22(18)20/h2-16H,1H3,(H,26,27)/t16-/m0/s1. The summed E-state index contributed by atoms with van der Waals surface area (Å²) >= 11 is 0. The van der Waals surface area contributed by atoms with E-state index in [1.807, 2.05) is 79.7 Å². The molecule has 0 spiro atoms. The predicted octanol–water partition coefficient (Wildman–Crippen LogP) is 4.79. The number of nitrogens with zero attached hydrogens (tertiary/aromatic N) is 2. The maximum Gasteiger partial charge on any atom is 0.251 e. The summed E-state index contributed by atoms with van der Waals surface area (Å²) in [6.07, 6.45) is 3.53. The second-order valence-electron chi connectivity index (χ2n) is 6.41. The van der Waals surface area contributed by atoms with Crippen LogP contribution in [0.4, 0.5) is 0 Å². The van der Waals surface area contributed by atoms with Gasteiger partial charge in [-0.1, -0.05) is 42.5 Å². The van der Waals surface area contributed by atoms with Gasteiger partial charge in [0.25, 0.3) is 5.91 Å². The molecule has 0 unspecified atom stereocenters. The fourth-order valence-corrected chi connectivity index (χ4v) is 3.12. The van der Waals surface area contributed by atoms with Crippen LogP contribution in [0.3, 0.4) is 0 Å². The minimum absolute atomic E-state index is 0.115. The van der Waals surface area contributed by atoms with Crippen LogP contribution < -0.4 is 5.32 Å². The molecule has 0 saturated heterocycles. The van der Waals surface area contributed by atoms with Crippen molar-refractivity contribution in [3.8, 4) is 11.1 Å². The van der Waals surface area contributed by atoms with Gasteiger partial charge in [-0.25, -0.2) is 0 Å². The van der Waals surface area contributed by atoms with Gasteiger partial charge in [0, 0.05) is 28.9 Å². The zero-order chi connectivity index (χ0) is 18.6. The number of nitrogens with one attached hydrogen (secondary N) is 1. The van der Waals surface area contributed by atoms with E-state index in [4.69, 9.17) is 0 Å². The normalized spacial score (nSPS) is 11.9. The molecule has 2 heterocycles. The van der Waals surface area contributed by atoms with E-state index >= 15 is 0 Å². The van der Waals surface area contributed by atoms with Gasteiger partial charge in [-0.05, 0) is 42.8 Å². The molecule has 1 atom stereocenters. The van der Waals surface area contributed by atoms with Crippen molar-refractivity contribution in [2.75, 3.05) is 0 Å². The maximum atomic E-state index is 12.5. The smallest absolute Gasteiger partial charge is 0.251 e. The van der Waals surface area contributed by atoms with Crippen molar-refractivity contribution in [3.63, 3.8) is 0 Å². The quantitative estimate of drug-likeness (QED) is 0.574. The number of hydrogen-bond donors (Lipinski definition) is 1. The van der Waals surface area contributed by atoms with Crippen molar-refractivity contribution in [3.05, 3.63) is 96.4 Å². The Kier molecular flexibility index (Phi) is 4.62. The predicted molar refractivity (Wildman–Crippen MR) is 107 cm³/mol. The van der Waals surface area contributed by atoms with Crippen LogP contribution in [-0.4, -0.2) is 15.9 Å². The first-order valence-corrected chi connectivity index (χ1v) is 8.88. The van der Waals surface area contributed by atoms with E-state index in [9.17, 15) is 4.79 Å². The maximum absolute atomic E-state index is 12.5. The van der Waals surface area contributed by atoms with Gasteiger partial charge in [-0.15, -0.1) is 0 Å². The van der Waals surface area contributed by atoms with Gasteiger partial charge in [0.15, 0.2) is 0 Å². The molecule has 4 heteroatoms. The molecule has 2 aromatic heterocycles. The molecular formula is C23H19N3O. The Morgan fingerprint density at radius 3 is 2.41 bits per heavy atom. The Bertz CT molecular complexity index is 1070. The lowest BCUT2D eigenvalue weighted by molar-refractivity contribution is 0.0939. The van der Waals surface area contributed by atoms with Gasteiger partial charge < -0.3 is 5.32 Å². The van der Waals surface area contributed by atoms with Crippen LogP contribution in [0.25, 0.3) is 22.0 Å². The van der Waals surface area contributed by atoms with E-state index in [-0.39, 0.29) is 11.9 Å². The summed E-state index contributed by atoms with van der Waals surface area (Å²) < 4.78 is 0. The first-order chi connectivity index (χ1) is 13.2. The van der Waals surface area contributed by atoms with Gasteiger partial charge in [-0.3, -0.25) is 14.8 Å². The SMILES string of the molecule is C[C@H](NC(=O)c1ccc(-c2cccc3cccnc23)cc1)c1ccccn1. The second kappa shape index (κ2) is 7.38. The Balaban J connectivity index is 1.56. The monoisotopic (exact) mass is 353 g/mol. The van der Waals surface area contributed by atoms with Crippen LogP contribution >= 0.6 is 0 Å². The van der Waals surface area contributed by atoms with E-state index in [1.54, 1.807) is 12.4 Å². The lowest BCUT2D eigenvalue weighted by Gasteiger charge is -2.13. The summed E-state index contributed by atoms with van der Waals surface area (Å²) in [5.41, 5.74) is 4.51. The highest BCUT2D eigenvalue weighted by Crippen LogP contribution is 2.27. The fourth-order valence-electron chi connectivity index (χ4n) is 3.12. The minimum Gasteiger partial charge on any atom is -0.344 e. The number of pyridine rings is 2. The van der Waals surface area contributed by atoms with E-state index in [2.05, 4.69) is 15.3 Å². The van der Waals surface area contributed by atoms with Crippen molar-refractivity contribution in [1.82, 2.24) is 15.3 Å². The molecule has 0 bridgehead atoms. The molecule has 132 valence electrons. The van der Waals surface area contributed by atoms with Gasteiger partial charge in [0.2, 0.25) is 0 Å². The van der Waals surface area contributed by atoms with Crippen LogP contribution in [0.1, 0.15) is 29.0 Å². The Hall–Kier alpha value is -3.53. The molecule has 0 saturated carbocycles. The number of benzene rings is 2. The molecule has 4 nitrogen and oxygen atoms in total. The zero-order valence-electron chi connectivity index (χ0n) is 15.0. The summed E-state index contributed by atoms with van der Waals surface area (Å²) in [6.45, 7) is 1.93. The van der Waals surface area contributed by atoms with Crippen molar-refractivity contribution >= 4 is 16.8 Å². The number of aromatic nitrogens is 2. The number of carbonyl (C=O) groups is 1. The molecule has 4 aromatic rings. The summed E-state index contributed by atoms with van der Waals surface area (Å²) in [6, 6.07) is 23.2. The van der Waals surface area contributed by atoms with Crippen LogP contribution in [0.5, 0.6) is 0 Å². The fraction of sp³-hybridized carbons (Fsp3) is 0.0870. The molecule has 1 amide bonds. The highest BCUT2D eigenvalue weighted by atomic mass is 16.1. The van der Waals surface area contributed by atoms with E-state index in [0.29, 0.717) is 5.56 Å². The second-order valence-corrected chi connectivity index (χ2v) is 6.41. The summed E-state index contributed by atoms with van der Waals surface area (Å²) in [5.74, 6) is -0.115. The lowest BCUT2D eigenvalue weighted by atomic mass is 10.0. The largest absolute Gasteiger partial charge is 0.344 e. The molecule has 0 aliphatic rings. The first kappa shape index (κ1) is 16.9. The minimum atomic E-state index is -0.152. The molecular weight excluding hydrogens is 334 g/mol. The topological polar surface area (TPSA) is 54.9 Å². The number of amides is 1. The summed E-state index contributed by atoms with van der Waals surface area (Å²) in [5, 5.41) is 4.09. The number of para-hydroxylation sites is 1. The summed E-state index contributed by atoms with van der Waals surface area (Å²) in [4.78, 5) is 21.3. The molecule has 0 radical (unpaired) electrons. The lowest BCUT2D eigenvalue weighted by Crippen LogP contribution is -2.27. The first-order valence-electron chi connectivity index (χ1n) is 8.88. The van der Waals surface area contributed by atoms with E-state index in [0.717, 1.165) is 27.7 Å².